The Bertz CT molecular complexity index is 1530. The van der Waals surface area contributed by atoms with Gasteiger partial charge in [-0.05, 0) is 103 Å². The minimum atomic E-state index is -0.788. The Hall–Kier alpha value is -3.67. The number of carbonyl (C=O) groups is 3. The van der Waals surface area contributed by atoms with Crippen LogP contribution < -0.4 is 0 Å². The van der Waals surface area contributed by atoms with Crippen molar-refractivity contribution in [2.24, 2.45) is 0 Å². The van der Waals surface area contributed by atoms with Crippen LogP contribution in [0.5, 0.6) is 0 Å². The van der Waals surface area contributed by atoms with Crippen LogP contribution in [0.15, 0.2) is 97.2 Å². The number of hydrogen-bond acceptors (Lipinski definition) is 6. The Kier molecular flexibility index (Phi) is 62.7. The molecule has 0 radical (unpaired) electrons. The second-order valence-electron chi connectivity index (χ2n) is 22.0. The van der Waals surface area contributed by atoms with Gasteiger partial charge in [-0.2, -0.15) is 0 Å². The molecule has 1 atom stereocenters. The third-order valence-electron chi connectivity index (χ3n) is 14.3. The van der Waals surface area contributed by atoms with Gasteiger partial charge in [-0.3, -0.25) is 14.4 Å². The SMILES string of the molecule is CC/C=C\C/C=C\C/C=C\C/C=C\C/C=C\C/C=C\C/C=C\CCCCCCCC(=O)OCC(COC(=O)CCCCCCCCCCCCCCCCC)OC(=O)CCCCCCCCC/C=C\CCCCCCCCC. The molecule has 6 nitrogen and oxygen atoms in total. The lowest BCUT2D eigenvalue weighted by Crippen LogP contribution is -2.30. The molecule has 0 spiro atoms. The van der Waals surface area contributed by atoms with Crippen molar-refractivity contribution in [1.29, 1.82) is 0 Å². The Morgan fingerprint density at radius 1 is 0.269 bits per heavy atom. The molecule has 0 rings (SSSR count). The van der Waals surface area contributed by atoms with Crippen molar-refractivity contribution in [3.63, 3.8) is 0 Å². The van der Waals surface area contributed by atoms with Crippen LogP contribution in [0.1, 0.15) is 323 Å². The summed E-state index contributed by atoms with van der Waals surface area (Å²) in [5.41, 5.74) is 0. The van der Waals surface area contributed by atoms with E-state index in [1.165, 1.54) is 161 Å². The predicted octanol–water partition coefficient (Wildman–Crippen LogP) is 22.8. The summed E-state index contributed by atoms with van der Waals surface area (Å²) in [5.74, 6) is -0.893. The highest BCUT2D eigenvalue weighted by atomic mass is 16.6. The molecular weight excluding hydrogens is 961 g/mol. The predicted molar refractivity (Wildman–Crippen MR) is 339 cm³/mol. The monoisotopic (exact) mass is 1080 g/mol. The Morgan fingerprint density at radius 2 is 0.500 bits per heavy atom. The van der Waals surface area contributed by atoms with Crippen LogP contribution >= 0.6 is 0 Å². The van der Waals surface area contributed by atoms with Gasteiger partial charge in [-0.25, -0.2) is 0 Å². The molecular formula is C72H124O6. The molecule has 0 bridgehead atoms. The molecule has 78 heavy (non-hydrogen) atoms. The van der Waals surface area contributed by atoms with Crippen LogP contribution in [-0.4, -0.2) is 37.2 Å². The molecule has 1 unspecified atom stereocenters. The molecule has 0 saturated carbocycles. The van der Waals surface area contributed by atoms with Gasteiger partial charge in [-0.1, -0.05) is 298 Å². The maximum absolute atomic E-state index is 12.9. The highest BCUT2D eigenvalue weighted by molar-refractivity contribution is 5.71. The summed E-state index contributed by atoms with van der Waals surface area (Å²) in [6, 6.07) is 0. The fourth-order valence-electron chi connectivity index (χ4n) is 9.36. The fraction of sp³-hybridized carbons (Fsp3) is 0.736. The van der Waals surface area contributed by atoms with Crippen LogP contribution in [-0.2, 0) is 28.6 Å². The quantitative estimate of drug-likeness (QED) is 0.0261. The standard InChI is InChI=1S/C72H124O6/c1-4-7-10-13-16-19-22-25-28-30-32-33-34-35-36-37-38-39-40-42-44-47-50-53-56-59-62-65-71(74)77-68-69(67-76-70(73)64-61-58-55-52-49-46-43-27-24-21-18-15-12-9-6-3)78-72(75)66-63-60-57-54-51-48-45-41-31-29-26-23-20-17-14-11-8-5-2/h7,10,16,19,25,28-29,31-33,35-36,38-39,42,44,69H,4-6,8-9,11-15,17-18,20-24,26-27,30,34,37,40-41,43,45-68H2,1-3H3/b10-7-,19-16-,28-25-,31-29-,33-32-,36-35-,39-38-,44-42-. The lowest BCUT2D eigenvalue weighted by Gasteiger charge is -2.18. The van der Waals surface area contributed by atoms with Gasteiger partial charge in [-0.15, -0.1) is 0 Å². The number of allylic oxidation sites excluding steroid dienone is 16. The molecule has 0 aliphatic heterocycles. The largest absolute Gasteiger partial charge is 0.462 e. The van der Waals surface area contributed by atoms with E-state index in [4.69, 9.17) is 14.2 Å². The Balaban J connectivity index is 4.38. The van der Waals surface area contributed by atoms with Gasteiger partial charge in [0.05, 0.1) is 0 Å². The van der Waals surface area contributed by atoms with Crippen molar-refractivity contribution in [2.45, 2.75) is 329 Å². The minimum absolute atomic E-state index is 0.0826. The summed E-state index contributed by atoms with van der Waals surface area (Å²) >= 11 is 0. The van der Waals surface area contributed by atoms with Crippen LogP contribution in [0.2, 0.25) is 0 Å². The molecule has 0 aliphatic rings. The van der Waals surface area contributed by atoms with Gasteiger partial charge in [0.1, 0.15) is 13.2 Å². The van der Waals surface area contributed by atoms with Crippen molar-refractivity contribution in [3.8, 4) is 0 Å². The van der Waals surface area contributed by atoms with E-state index in [0.29, 0.717) is 19.3 Å². The van der Waals surface area contributed by atoms with Crippen molar-refractivity contribution in [1.82, 2.24) is 0 Å². The third kappa shape index (κ3) is 63.2. The average molecular weight is 1090 g/mol. The normalized spacial score (nSPS) is 12.7. The summed E-state index contributed by atoms with van der Waals surface area (Å²) in [7, 11) is 0. The van der Waals surface area contributed by atoms with Crippen molar-refractivity contribution in [2.75, 3.05) is 13.2 Å². The lowest BCUT2D eigenvalue weighted by atomic mass is 10.0. The number of unbranched alkanes of at least 4 members (excludes halogenated alkanes) is 33. The molecule has 0 N–H and O–H groups in total. The van der Waals surface area contributed by atoms with Gasteiger partial charge in [0.15, 0.2) is 6.10 Å². The van der Waals surface area contributed by atoms with Crippen molar-refractivity contribution in [3.05, 3.63) is 97.2 Å². The molecule has 0 amide bonds. The van der Waals surface area contributed by atoms with Crippen LogP contribution in [0.4, 0.5) is 0 Å². The molecule has 0 aliphatic carbocycles. The van der Waals surface area contributed by atoms with Gasteiger partial charge >= 0.3 is 17.9 Å². The van der Waals surface area contributed by atoms with Crippen LogP contribution in [0.25, 0.3) is 0 Å². The molecule has 448 valence electrons. The van der Waals surface area contributed by atoms with E-state index in [0.717, 1.165) is 122 Å². The summed E-state index contributed by atoms with van der Waals surface area (Å²) in [5, 5.41) is 0. The second kappa shape index (κ2) is 65.8. The number of hydrogen-bond donors (Lipinski definition) is 0. The van der Waals surface area contributed by atoms with Gasteiger partial charge in [0.25, 0.3) is 0 Å². The highest BCUT2D eigenvalue weighted by Crippen LogP contribution is 2.16. The topological polar surface area (TPSA) is 78.9 Å². The smallest absolute Gasteiger partial charge is 0.306 e. The van der Waals surface area contributed by atoms with E-state index >= 15 is 0 Å². The van der Waals surface area contributed by atoms with E-state index in [1.807, 2.05) is 0 Å². The first kappa shape index (κ1) is 74.3. The van der Waals surface area contributed by atoms with E-state index in [-0.39, 0.29) is 31.1 Å². The van der Waals surface area contributed by atoms with Gasteiger partial charge in [0.2, 0.25) is 0 Å². The first-order chi connectivity index (χ1) is 38.5. The van der Waals surface area contributed by atoms with E-state index in [9.17, 15) is 14.4 Å². The van der Waals surface area contributed by atoms with E-state index in [1.54, 1.807) is 0 Å². The van der Waals surface area contributed by atoms with Crippen LogP contribution in [0, 0.1) is 0 Å². The van der Waals surface area contributed by atoms with Crippen molar-refractivity contribution >= 4 is 17.9 Å². The number of carbonyl (C=O) groups excluding carboxylic acids is 3. The minimum Gasteiger partial charge on any atom is -0.462 e. The third-order valence-corrected chi connectivity index (χ3v) is 14.3. The first-order valence-electron chi connectivity index (χ1n) is 33.2. The molecule has 0 saturated heterocycles. The molecule has 0 aromatic heterocycles. The molecule has 0 fully saturated rings. The zero-order valence-electron chi connectivity index (χ0n) is 51.4. The summed E-state index contributed by atoms with van der Waals surface area (Å²) in [6.07, 6.45) is 88.4. The van der Waals surface area contributed by atoms with Gasteiger partial charge < -0.3 is 14.2 Å². The molecule has 0 heterocycles. The summed E-state index contributed by atoms with van der Waals surface area (Å²) < 4.78 is 16.9. The maximum Gasteiger partial charge on any atom is 0.306 e. The zero-order chi connectivity index (χ0) is 56.4. The Morgan fingerprint density at radius 3 is 0.795 bits per heavy atom. The molecule has 0 aromatic carbocycles. The highest BCUT2D eigenvalue weighted by Gasteiger charge is 2.19. The summed E-state index contributed by atoms with van der Waals surface area (Å²) in [6.45, 7) is 6.54. The van der Waals surface area contributed by atoms with E-state index in [2.05, 4.69) is 118 Å². The lowest BCUT2D eigenvalue weighted by molar-refractivity contribution is -0.167. The number of ether oxygens (including phenoxy) is 3. The summed E-state index contributed by atoms with van der Waals surface area (Å²) in [4.78, 5) is 38.4. The second-order valence-corrected chi connectivity index (χ2v) is 22.0. The maximum atomic E-state index is 12.9. The zero-order valence-corrected chi connectivity index (χ0v) is 51.4. The molecule has 6 heteroatoms. The fourth-order valence-corrected chi connectivity index (χ4v) is 9.36. The van der Waals surface area contributed by atoms with Crippen molar-refractivity contribution < 1.29 is 28.6 Å². The average Bonchev–Trinajstić information content (AvgIpc) is 3.44. The van der Waals surface area contributed by atoms with Gasteiger partial charge in [0, 0.05) is 19.3 Å². The number of rotatable bonds is 60. The first-order valence-corrected chi connectivity index (χ1v) is 33.2. The van der Waals surface area contributed by atoms with E-state index < -0.39 is 6.10 Å². The molecule has 0 aromatic rings. The number of esters is 3. The Labute approximate surface area is 483 Å². The van der Waals surface area contributed by atoms with Crippen LogP contribution in [0.3, 0.4) is 0 Å².